The van der Waals surface area contributed by atoms with E-state index in [1.54, 1.807) is 6.07 Å². The Morgan fingerprint density at radius 1 is 1.16 bits per heavy atom. The van der Waals surface area contributed by atoms with Crippen molar-refractivity contribution in [1.29, 1.82) is 0 Å². The average Bonchev–Trinajstić information content (AvgIpc) is 2.42. The normalized spacial score (nSPS) is 12.2. The molecule has 2 aromatic rings. The number of rotatable bonds is 4. The van der Waals surface area contributed by atoms with Gasteiger partial charge >= 0.3 is 0 Å². The Labute approximate surface area is 122 Å². The molecular weight excluding hydrogens is 283 g/mol. The van der Waals surface area contributed by atoms with Crippen LogP contribution in [0.3, 0.4) is 0 Å². The number of hydrogen-bond acceptors (Lipinski definition) is 3. The zero-order chi connectivity index (χ0) is 13.8. The fourth-order valence-corrected chi connectivity index (χ4v) is 2.00. The second kappa shape index (κ2) is 6.22. The highest BCUT2D eigenvalue weighted by molar-refractivity contribution is 6.32. The smallest absolute Gasteiger partial charge is 0.194 e. The zero-order valence-corrected chi connectivity index (χ0v) is 12.2. The Morgan fingerprint density at radius 2 is 1.89 bits per heavy atom. The standard InChI is InChI=1S/C14H14Cl2N2O/c1-3-9(2)10-6-4-5-7-11(10)19-12-8-13(15)17-18-14(12)16/h4-9H,3H2,1-2H3. The number of halogens is 2. The first-order chi connectivity index (χ1) is 9.11. The summed E-state index contributed by atoms with van der Waals surface area (Å²) in [7, 11) is 0. The lowest BCUT2D eigenvalue weighted by Gasteiger charge is -2.15. The van der Waals surface area contributed by atoms with Crippen molar-refractivity contribution in [3.63, 3.8) is 0 Å². The van der Waals surface area contributed by atoms with Crippen LogP contribution in [-0.4, -0.2) is 10.2 Å². The maximum Gasteiger partial charge on any atom is 0.194 e. The summed E-state index contributed by atoms with van der Waals surface area (Å²) in [6.45, 7) is 4.29. The molecular formula is C14H14Cl2N2O. The Hall–Kier alpha value is -1.32. The number of aromatic nitrogens is 2. The molecule has 0 aliphatic rings. The molecule has 0 radical (unpaired) electrons. The van der Waals surface area contributed by atoms with Crippen LogP contribution >= 0.6 is 23.2 Å². The molecule has 0 spiro atoms. The summed E-state index contributed by atoms with van der Waals surface area (Å²) in [6.07, 6.45) is 1.03. The highest BCUT2D eigenvalue weighted by atomic mass is 35.5. The van der Waals surface area contributed by atoms with Gasteiger partial charge in [-0.1, -0.05) is 55.2 Å². The van der Waals surface area contributed by atoms with Crippen LogP contribution in [-0.2, 0) is 0 Å². The van der Waals surface area contributed by atoms with Crippen molar-refractivity contribution < 1.29 is 4.74 Å². The van der Waals surface area contributed by atoms with Crippen molar-refractivity contribution in [2.45, 2.75) is 26.2 Å². The summed E-state index contributed by atoms with van der Waals surface area (Å²) in [5.74, 6) is 1.58. The van der Waals surface area contributed by atoms with E-state index in [1.165, 1.54) is 0 Å². The molecule has 1 aromatic carbocycles. The van der Waals surface area contributed by atoms with Crippen LogP contribution in [0.2, 0.25) is 10.3 Å². The van der Waals surface area contributed by atoms with E-state index in [9.17, 15) is 0 Å². The van der Waals surface area contributed by atoms with Crippen LogP contribution in [0.5, 0.6) is 11.5 Å². The monoisotopic (exact) mass is 296 g/mol. The molecule has 0 aliphatic carbocycles. The van der Waals surface area contributed by atoms with Gasteiger partial charge in [-0.3, -0.25) is 0 Å². The van der Waals surface area contributed by atoms with Crippen LogP contribution in [0.15, 0.2) is 30.3 Å². The first kappa shape index (κ1) is 14.1. The highest BCUT2D eigenvalue weighted by Gasteiger charge is 2.13. The number of para-hydroxylation sites is 1. The molecule has 0 saturated heterocycles. The van der Waals surface area contributed by atoms with Gasteiger partial charge in [-0.2, -0.15) is 0 Å². The molecule has 0 amide bonds. The fraction of sp³-hybridized carbons (Fsp3) is 0.286. The number of nitrogens with zero attached hydrogens (tertiary/aromatic N) is 2. The van der Waals surface area contributed by atoms with Crippen molar-refractivity contribution in [3.8, 4) is 11.5 Å². The molecule has 100 valence electrons. The molecule has 19 heavy (non-hydrogen) atoms. The third-order valence-electron chi connectivity index (χ3n) is 2.97. The number of hydrogen-bond donors (Lipinski definition) is 0. The first-order valence-electron chi connectivity index (χ1n) is 6.07. The van der Waals surface area contributed by atoms with Crippen molar-refractivity contribution in [3.05, 3.63) is 46.2 Å². The molecule has 5 heteroatoms. The summed E-state index contributed by atoms with van der Waals surface area (Å²) in [5.41, 5.74) is 1.13. The summed E-state index contributed by atoms with van der Waals surface area (Å²) in [5, 5.41) is 7.83. The van der Waals surface area contributed by atoms with E-state index in [0.29, 0.717) is 11.7 Å². The van der Waals surface area contributed by atoms with Gasteiger partial charge in [0.1, 0.15) is 5.75 Å². The van der Waals surface area contributed by atoms with Crippen LogP contribution in [0.4, 0.5) is 0 Å². The van der Waals surface area contributed by atoms with Gasteiger partial charge < -0.3 is 4.74 Å². The predicted molar refractivity (Wildman–Crippen MR) is 77.3 cm³/mol. The molecule has 1 atom stereocenters. The lowest BCUT2D eigenvalue weighted by molar-refractivity contribution is 0.467. The average molecular weight is 297 g/mol. The second-order valence-corrected chi connectivity index (χ2v) is 5.02. The van der Waals surface area contributed by atoms with Crippen LogP contribution in [0, 0.1) is 0 Å². The van der Waals surface area contributed by atoms with Gasteiger partial charge in [0.25, 0.3) is 0 Å². The molecule has 0 saturated carbocycles. The third kappa shape index (κ3) is 3.37. The Bertz CT molecular complexity index is 575. The minimum absolute atomic E-state index is 0.198. The largest absolute Gasteiger partial charge is 0.454 e. The van der Waals surface area contributed by atoms with E-state index in [2.05, 4.69) is 24.0 Å². The maximum atomic E-state index is 5.95. The van der Waals surface area contributed by atoms with Gasteiger partial charge in [-0.25, -0.2) is 0 Å². The van der Waals surface area contributed by atoms with Gasteiger partial charge in [-0.05, 0) is 24.0 Å². The first-order valence-corrected chi connectivity index (χ1v) is 6.83. The van der Waals surface area contributed by atoms with Crippen LogP contribution in [0.25, 0.3) is 0 Å². The summed E-state index contributed by atoms with van der Waals surface area (Å²) in [4.78, 5) is 0. The quantitative estimate of drug-likeness (QED) is 0.788. The Kier molecular flexibility index (Phi) is 4.61. The highest BCUT2D eigenvalue weighted by Crippen LogP contribution is 2.34. The van der Waals surface area contributed by atoms with Crippen molar-refractivity contribution in [2.75, 3.05) is 0 Å². The van der Waals surface area contributed by atoms with E-state index in [-0.39, 0.29) is 10.3 Å². The van der Waals surface area contributed by atoms with E-state index in [1.807, 2.05) is 24.3 Å². The minimum atomic E-state index is 0.198. The SMILES string of the molecule is CCC(C)c1ccccc1Oc1cc(Cl)nnc1Cl. The van der Waals surface area contributed by atoms with E-state index in [4.69, 9.17) is 27.9 Å². The predicted octanol–water partition coefficient (Wildman–Crippen LogP) is 5.09. The minimum Gasteiger partial charge on any atom is -0.454 e. The molecule has 1 aromatic heterocycles. The Morgan fingerprint density at radius 3 is 2.63 bits per heavy atom. The molecule has 0 aliphatic heterocycles. The maximum absolute atomic E-state index is 5.95. The third-order valence-corrected chi connectivity index (χ3v) is 3.42. The zero-order valence-electron chi connectivity index (χ0n) is 10.7. The van der Waals surface area contributed by atoms with Gasteiger partial charge in [0.2, 0.25) is 0 Å². The van der Waals surface area contributed by atoms with E-state index in [0.717, 1.165) is 17.7 Å². The molecule has 3 nitrogen and oxygen atoms in total. The Balaban J connectivity index is 2.35. The molecule has 1 heterocycles. The summed E-state index contributed by atoms with van der Waals surface area (Å²) < 4.78 is 5.83. The van der Waals surface area contributed by atoms with Gasteiger partial charge in [0, 0.05) is 6.07 Å². The molecule has 0 bridgehead atoms. The lowest BCUT2D eigenvalue weighted by Crippen LogP contribution is -1.97. The molecule has 0 N–H and O–H groups in total. The van der Waals surface area contributed by atoms with Gasteiger partial charge in [0.05, 0.1) is 0 Å². The van der Waals surface area contributed by atoms with Gasteiger partial charge in [-0.15, -0.1) is 10.2 Å². The van der Waals surface area contributed by atoms with Crippen molar-refractivity contribution in [1.82, 2.24) is 10.2 Å². The van der Waals surface area contributed by atoms with E-state index >= 15 is 0 Å². The molecule has 0 fully saturated rings. The summed E-state index contributed by atoms with van der Waals surface area (Å²) in [6, 6.07) is 9.43. The fourth-order valence-electron chi connectivity index (χ4n) is 1.73. The number of ether oxygens (including phenoxy) is 1. The molecule has 1 unspecified atom stereocenters. The van der Waals surface area contributed by atoms with Crippen LogP contribution < -0.4 is 4.74 Å². The molecule has 2 rings (SSSR count). The lowest BCUT2D eigenvalue weighted by atomic mass is 9.98. The second-order valence-electron chi connectivity index (χ2n) is 4.27. The van der Waals surface area contributed by atoms with Crippen molar-refractivity contribution >= 4 is 23.2 Å². The summed E-state index contributed by atoms with van der Waals surface area (Å²) >= 11 is 11.8. The van der Waals surface area contributed by atoms with Crippen molar-refractivity contribution in [2.24, 2.45) is 0 Å². The van der Waals surface area contributed by atoms with E-state index < -0.39 is 0 Å². The number of benzene rings is 1. The topological polar surface area (TPSA) is 35.0 Å². The van der Waals surface area contributed by atoms with Crippen LogP contribution in [0.1, 0.15) is 31.7 Å². The van der Waals surface area contributed by atoms with Gasteiger partial charge in [0.15, 0.2) is 16.1 Å².